The van der Waals surface area contributed by atoms with Gasteiger partial charge in [-0.3, -0.25) is 9.59 Å². The van der Waals surface area contributed by atoms with Gasteiger partial charge in [-0.25, -0.2) is 4.39 Å². The molecule has 0 spiro atoms. The van der Waals surface area contributed by atoms with Crippen LogP contribution in [0.15, 0.2) is 84.9 Å². The molecule has 0 aliphatic carbocycles. The lowest BCUT2D eigenvalue weighted by Gasteiger charge is -2.30. The zero-order chi connectivity index (χ0) is 22.2. The third-order valence-corrected chi connectivity index (χ3v) is 5.49. The lowest BCUT2D eigenvalue weighted by molar-refractivity contribution is -0.140. The van der Waals surface area contributed by atoms with Crippen molar-refractivity contribution in [2.45, 2.75) is 31.8 Å². The van der Waals surface area contributed by atoms with E-state index in [0.717, 1.165) is 11.1 Å². The third kappa shape index (κ3) is 5.57. The van der Waals surface area contributed by atoms with E-state index in [-0.39, 0.29) is 30.7 Å². The summed E-state index contributed by atoms with van der Waals surface area (Å²) in [4.78, 5) is 27.3. The molecule has 0 bridgehead atoms. The topological polar surface area (TPSA) is 49.4 Å². The molecule has 2 amide bonds. The highest BCUT2D eigenvalue weighted by Gasteiger charge is 2.29. The van der Waals surface area contributed by atoms with Gasteiger partial charge in [-0.2, -0.15) is 0 Å². The summed E-state index contributed by atoms with van der Waals surface area (Å²) in [5, 5.41) is 2.59. The number of hydrogen-bond donors (Lipinski definition) is 1. The minimum Gasteiger partial charge on any atom is -0.357 e. The number of carbonyl (C=O) groups is 2. The molecule has 1 N–H and O–H groups in total. The van der Waals surface area contributed by atoms with Crippen LogP contribution in [0, 0.1) is 5.82 Å². The van der Waals surface area contributed by atoms with Crippen LogP contribution in [0.25, 0.3) is 0 Å². The maximum Gasteiger partial charge on any atom is 0.242 e. The number of likely N-dealkylation sites (N-methyl/N-ethyl adjacent to an activating group) is 1. The summed E-state index contributed by atoms with van der Waals surface area (Å²) < 4.78 is 14.3. The molecule has 0 saturated carbocycles. The monoisotopic (exact) mass is 418 g/mol. The van der Waals surface area contributed by atoms with E-state index in [2.05, 4.69) is 5.32 Å². The molecule has 1 atom stereocenters. The number of carbonyl (C=O) groups excluding carboxylic acids is 2. The Hall–Kier alpha value is -3.47. The van der Waals surface area contributed by atoms with E-state index in [0.29, 0.717) is 5.56 Å². The highest BCUT2D eigenvalue weighted by atomic mass is 19.1. The van der Waals surface area contributed by atoms with Gasteiger partial charge in [0.15, 0.2) is 0 Å². The summed E-state index contributed by atoms with van der Waals surface area (Å²) >= 11 is 0. The lowest BCUT2D eigenvalue weighted by atomic mass is 9.88. The second kappa shape index (κ2) is 10.5. The second-order valence-electron chi connectivity index (χ2n) is 7.48. The Balaban J connectivity index is 1.93. The molecule has 0 radical (unpaired) electrons. The number of nitrogens with zero attached hydrogens (tertiary/aromatic N) is 1. The van der Waals surface area contributed by atoms with E-state index in [1.807, 2.05) is 60.7 Å². The Labute approximate surface area is 182 Å². The molecule has 5 heteroatoms. The van der Waals surface area contributed by atoms with Crippen molar-refractivity contribution in [3.05, 3.63) is 107 Å². The molecule has 31 heavy (non-hydrogen) atoms. The van der Waals surface area contributed by atoms with Gasteiger partial charge in [0.2, 0.25) is 11.8 Å². The molecular formula is C26H27FN2O2. The first-order chi connectivity index (χ1) is 15.0. The van der Waals surface area contributed by atoms with Crippen LogP contribution in [0.4, 0.5) is 4.39 Å². The van der Waals surface area contributed by atoms with Crippen LogP contribution in [0.3, 0.4) is 0 Å². The molecule has 0 saturated heterocycles. The largest absolute Gasteiger partial charge is 0.357 e. The van der Waals surface area contributed by atoms with Crippen molar-refractivity contribution in [1.82, 2.24) is 10.2 Å². The molecule has 0 aliphatic heterocycles. The van der Waals surface area contributed by atoms with Crippen LogP contribution in [-0.4, -0.2) is 29.8 Å². The number of nitrogens with one attached hydrogen (secondary N) is 1. The Morgan fingerprint density at radius 2 is 1.39 bits per heavy atom. The van der Waals surface area contributed by atoms with Crippen molar-refractivity contribution < 1.29 is 14.0 Å². The summed E-state index contributed by atoms with van der Waals surface area (Å²) in [6.45, 7) is 1.69. The SMILES string of the molecule is CNC(=O)[C@H](C)N(Cc1ccccc1F)C(=O)CC(c1ccccc1)c1ccccc1. The smallest absolute Gasteiger partial charge is 0.242 e. The van der Waals surface area contributed by atoms with Gasteiger partial charge in [0, 0.05) is 31.5 Å². The van der Waals surface area contributed by atoms with Crippen LogP contribution in [0.1, 0.15) is 36.0 Å². The summed E-state index contributed by atoms with van der Waals surface area (Å²) in [6, 6.07) is 25.2. The number of halogens is 1. The first-order valence-corrected chi connectivity index (χ1v) is 10.4. The lowest BCUT2D eigenvalue weighted by Crippen LogP contribution is -2.47. The number of benzene rings is 3. The molecule has 0 fully saturated rings. The number of amides is 2. The van der Waals surface area contributed by atoms with Crippen molar-refractivity contribution in [3.8, 4) is 0 Å². The highest BCUT2D eigenvalue weighted by molar-refractivity contribution is 5.87. The standard InChI is InChI=1S/C26H27FN2O2/c1-19(26(31)28-2)29(18-22-15-9-10-16-24(22)27)25(30)17-23(20-11-5-3-6-12-20)21-13-7-4-8-14-21/h3-16,19,23H,17-18H2,1-2H3,(H,28,31)/t19-/m0/s1. The molecule has 0 aromatic heterocycles. The minimum absolute atomic E-state index is 0.0242. The van der Waals surface area contributed by atoms with E-state index < -0.39 is 11.9 Å². The van der Waals surface area contributed by atoms with Crippen molar-refractivity contribution >= 4 is 11.8 Å². The van der Waals surface area contributed by atoms with Gasteiger partial charge in [-0.1, -0.05) is 78.9 Å². The quantitative estimate of drug-likeness (QED) is 0.585. The number of rotatable bonds is 8. The summed E-state index contributed by atoms with van der Waals surface area (Å²) in [5.74, 6) is -1.07. The third-order valence-electron chi connectivity index (χ3n) is 5.49. The average Bonchev–Trinajstić information content (AvgIpc) is 2.82. The molecular weight excluding hydrogens is 391 g/mol. The van der Waals surface area contributed by atoms with Gasteiger partial charge in [0.1, 0.15) is 11.9 Å². The first-order valence-electron chi connectivity index (χ1n) is 10.4. The molecule has 3 rings (SSSR count). The normalized spacial score (nSPS) is 11.7. The van der Waals surface area contributed by atoms with E-state index in [9.17, 15) is 14.0 Å². The maximum atomic E-state index is 14.3. The summed E-state index contributed by atoms with van der Waals surface area (Å²) in [7, 11) is 1.53. The van der Waals surface area contributed by atoms with Gasteiger partial charge in [-0.05, 0) is 24.1 Å². The van der Waals surface area contributed by atoms with Crippen LogP contribution >= 0.6 is 0 Å². The second-order valence-corrected chi connectivity index (χ2v) is 7.48. The van der Waals surface area contributed by atoms with Crippen molar-refractivity contribution in [3.63, 3.8) is 0 Å². The predicted octanol–water partition coefficient (Wildman–Crippen LogP) is 4.51. The van der Waals surface area contributed by atoms with E-state index in [4.69, 9.17) is 0 Å². The van der Waals surface area contributed by atoms with E-state index >= 15 is 0 Å². The van der Waals surface area contributed by atoms with E-state index in [1.54, 1.807) is 25.1 Å². The number of hydrogen-bond acceptors (Lipinski definition) is 2. The minimum atomic E-state index is -0.732. The molecule has 0 aliphatic rings. The molecule has 0 heterocycles. The highest BCUT2D eigenvalue weighted by Crippen LogP contribution is 2.29. The van der Waals surface area contributed by atoms with Gasteiger partial charge in [0.25, 0.3) is 0 Å². The fourth-order valence-corrected chi connectivity index (χ4v) is 3.69. The van der Waals surface area contributed by atoms with Crippen LogP contribution in [0.5, 0.6) is 0 Å². The van der Waals surface area contributed by atoms with E-state index in [1.165, 1.54) is 18.0 Å². The molecule has 160 valence electrons. The zero-order valence-corrected chi connectivity index (χ0v) is 17.8. The molecule has 0 unspecified atom stereocenters. The van der Waals surface area contributed by atoms with Gasteiger partial charge in [0.05, 0.1) is 0 Å². The zero-order valence-electron chi connectivity index (χ0n) is 17.8. The summed E-state index contributed by atoms with van der Waals surface area (Å²) in [6.07, 6.45) is 0.170. The Morgan fingerprint density at radius 1 is 0.871 bits per heavy atom. The fourth-order valence-electron chi connectivity index (χ4n) is 3.69. The average molecular weight is 419 g/mol. The van der Waals surface area contributed by atoms with Crippen LogP contribution in [0.2, 0.25) is 0 Å². The van der Waals surface area contributed by atoms with Gasteiger partial charge < -0.3 is 10.2 Å². The van der Waals surface area contributed by atoms with Crippen LogP contribution < -0.4 is 5.32 Å². The van der Waals surface area contributed by atoms with Crippen molar-refractivity contribution in [2.24, 2.45) is 0 Å². The first kappa shape index (κ1) is 22.2. The molecule has 3 aromatic rings. The Kier molecular flexibility index (Phi) is 7.55. The summed E-state index contributed by atoms with van der Waals surface area (Å²) in [5.41, 5.74) is 2.41. The van der Waals surface area contributed by atoms with Crippen molar-refractivity contribution in [1.29, 1.82) is 0 Å². The fraction of sp³-hybridized carbons (Fsp3) is 0.231. The van der Waals surface area contributed by atoms with Crippen molar-refractivity contribution in [2.75, 3.05) is 7.05 Å². The van der Waals surface area contributed by atoms with Gasteiger partial charge in [-0.15, -0.1) is 0 Å². The van der Waals surface area contributed by atoms with Crippen LogP contribution in [-0.2, 0) is 16.1 Å². The predicted molar refractivity (Wildman–Crippen MR) is 120 cm³/mol. The Bertz CT molecular complexity index is 969. The molecule has 3 aromatic carbocycles. The maximum absolute atomic E-state index is 14.3. The molecule has 4 nitrogen and oxygen atoms in total. The Morgan fingerprint density at radius 3 is 1.90 bits per heavy atom. The van der Waals surface area contributed by atoms with Gasteiger partial charge >= 0.3 is 0 Å².